The van der Waals surface area contributed by atoms with Crippen LogP contribution in [0.3, 0.4) is 0 Å². The Hall–Kier alpha value is -1.65. The van der Waals surface area contributed by atoms with Gasteiger partial charge >= 0.3 is 0 Å². The highest BCUT2D eigenvalue weighted by atomic mass is 32.1. The molecule has 21 heavy (non-hydrogen) atoms. The molecule has 0 bridgehead atoms. The van der Waals surface area contributed by atoms with E-state index in [2.05, 4.69) is 52.1 Å². The van der Waals surface area contributed by atoms with Crippen molar-refractivity contribution in [2.24, 2.45) is 0 Å². The van der Waals surface area contributed by atoms with Gasteiger partial charge in [0.15, 0.2) is 0 Å². The Bertz CT molecular complexity index is 699. The van der Waals surface area contributed by atoms with Gasteiger partial charge in [0, 0.05) is 22.8 Å². The summed E-state index contributed by atoms with van der Waals surface area (Å²) in [6, 6.07) is 12.8. The van der Waals surface area contributed by atoms with E-state index in [-0.39, 0.29) is 0 Å². The fourth-order valence-electron chi connectivity index (χ4n) is 2.48. The lowest BCUT2D eigenvalue weighted by molar-refractivity contribution is 0.591. The van der Waals surface area contributed by atoms with E-state index in [9.17, 15) is 0 Å². The number of aryl methyl sites for hydroxylation is 2. The third-order valence-electron chi connectivity index (χ3n) is 3.64. The number of rotatable bonds is 7. The zero-order chi connectivity index (χ0) is 14.5. The molecule has 0 aliphatic rings. The number of aromatic nitrogens is 2. The lowest BCUT2D eigenvalue weighted by Gasteiger charge is -2.05. The molecule has 3 nitrogen and oxygen atoms in total. The van der Waals surface area contributed by atoms with E-state index in [0.717, 1.165) is 38.0 Å². The van der Waals surface area contributed by atoms with Gasteiger partial charge in [-0.1, -0.05) is 19.1 Å². The molecule has 2 heterocycles. The van der Waals surface area contributed by atoms with Crippen LogP contribution in [0.25, 0.3) is 11.0 Å². The van der Waals surface area contributed by atoms with Gasteiger partial charge in [0.1, 0.15) is 0 Å². The molecule has 0 spiro atoms. The Morgan fingerprint density at radius 1 is 1.14 bits per heavy atom. The summed E-state index contributed by atoms with van der Waals surface area (Å²) in [4.78, 5) is 7.32. The smallest absolute Gasteiger partial charge is 0.0958 e. The van der Waals surface area contributed by atoms with Crippen LogP contribution in [0.1, 0.15) is 23.1 Å². The predicted octanol–water partition coefficient (Wildman–Crippen LogP) is 3.84. The molecule has 0 amide bonds. The number of hydrogen-bond donors (Lipinski definition) is 1. The molecule has 0 saturated carbocycles. The second kappa shape index (κ2) is 6.87. The summed E-state index contributed by atoms with van der Waals surface area (Å²) < 4.78 is 2.23. The molecule has 0 fully saturated rings. The van der Waals surface area contributed by atoms with E-state index in [1.807, 2.05) is 23.7 Å². The Labute approximate surface area is 129 Å². The topological polar surface area (TPSA) is 29.9 Å². The van der Waals surface area contributed by atoms with E-state index in [0.29, 0.717) is 0 Å². The zero-order valence-corrected chi connectivity index (χ0v) is 13.2. The molecule has 110 valence electrons. The molecular formula is C17H21N3S. The molecule has 2 aromatic heterocycles. The zero-order valence-electron chi connectivity index (χ0n) is 12.4. The largest absolute Gasteiger partial charge is 0.331 e. The van der Waals surface area contributed by atoms with E-state index in [1.165, 1.54) is 15.3 Å². The number of thiophene rings is 1. The summed E-state index contributed by atoms with van der Waals surface area (Å²) in [6.07, 6.45) is 4.20. The van der Waals surface area contributed by atoms with E-state index < -0.39 is 0 Å². The molecule has 0 aliphatic carbocycles. The highest BCUT2D eigenvalue weighted by Gasteiger charge is 2.01. The van der Waals surface area contributed by atoms with Crippen LogP contribution in [0.4, 0.5) is 0 Å². The van der Waals surface area contributed by atoms with E-state index in [4.69, 9.17) is 0 Å². The third-order valence-corrected chi connectivity index (χ3v) is 4.87. The quantitative estimate of drug-likeness (QED) is 0.672. The van der Waals surface area contributed by atoms with Gasteiger partial charge in [-0.25, -0.2) is 4.98 Å². The van der Waals surface area contributed by atoms with Crippen molar-refractivity contribution in [3.8, 4) is 0 Å². The van der Waals surface area contributed by atoms with Crippen LogP contribution in [0, 0.1) is 0 Å². The van der Waals surface area contributed by atoms with E-state index in [1.54, 1.807) is 0 Å². The Morgan fingerprint density at radius 3 is 2.86 bits per heavy atom. The fourth-order valence-corrected chi connectivity index (χ4v) is 3.41. The molecule has 0 aliphatic heterocycles. The van der Waals surface area contributed by atoms with Crippen LogP contribution in [0.15, 0.2) is 42.7 Å². The summed E-state index contributed by atoms with van der Waals surface area (Å²) in [5.74, 6) is 0. The number of nitrogens with zero attached hydrogens (tertiary/aromatic N) is 2. The van der Waals surface area contributed by atoms with Crippen molar-refractivity contribution in [2.75, 3.05) is 6.54 Å². The minimum Gasteiger partial charge on any atom is -0.331 e. The number of imidazole rings is 1. The van der Waals surface area contributed by atoms with Gasteiger partial charge in [-0.2, -0.15) is 0 Å². The Kier molecular flexibility index (Phi) is 4.68. The number of fused-ring (bicyclic) bond motifs is 1. The molecule has 1 N–H and O–H groups in total. The van der Waals surface area contributed by atoms with Gasteiger partial charge in [0.2, 0.25) is 0 Å². The Morgan fingerprint density at radius 2 is 2.00 bits per heavy atom. The molecule has 1 aromatic carbocycles. The minimum atomic E-state index is 0.981. The van der Waals surface area contributed by atoms with Gasteiger partial charge < -0.3 is 9.88 Å². The van der Waals surface area contributed by atoms with Crippen molar-refractivity contribution in [3.63, 3.8) is 0 Å². The highest BCUT2D eigenvalue weighted by Crippen LogP contribution is 2.16. The molecule has 3 rings (SSSR count). The van der Waals surface area contributed by atoms with Crippen LogP contribution >= 0.6 is 11.3 Å². The van der Waals surface area contributed by atoms with Gasteiger partial charge in [0.05, 0.1) is 17.4 Å². The first kappa shape index (κ1) is 14.3. The third kappa shape index (κ3) is 3.52. The van der Waals surface area contributed by atoms with Crippen molar-refractivity contribution in [1.29, 1.82) is 0 Å². The summed E-state index contributed by atoms with van der Waals surface area (Å²) in [6.45, 7) is 5.23. The number of hydrogen-bond acceptors (Lipinski definition) is 3. The molecular weight excluding hydrogens is 278 g/mol. The normalized spacial score (nSPS) is 11.3. The summed E-state index contributed by atoms with van der Waals surface area (Å²) in [5.41, 5.74) is 2.31. The maximum atomic E-state index is 4.42. The van der Waals surface area contributed by atoms with Gasteiger partial charge in [-0.15, -0.1) is 11.3 Å². The second-order valence-electron chi connectivity index (χ2n) is 5.18. The van der Waals surface area contributed by atoms with Crippen LogP contribution in [0.2, 0.25) is 0 Å². The average molecular weight is 299 g/mol. The standard InChI is InChI=1S/C17H21N3S/c1-2-14-8-9-15(21-14)12-18-10-5-11-20-13-19-16-6-3-4-7-17(16)20/h3-4,6-9,13,18H,2,5,10-12H2,1H3. The van der Waals surface area contributed by atoms with Crippen LogP contribution < -0.4 is 5.32 Å². The fraction of sp³-hybridized carbons (Fsp3) is 0.353. The molecule has 3 aromatic rings. The summed E-state index contributed by atoms with van der Waals surface area (Å²) >= 11 is 1.91. The van der Waals surface area contributed by atoms with Gasteiger partial charge in [-0.3, -0.25) is 0 Å². The Balaban J connectivity index is 1.44. The van der Waals surface area contributed by atoms with Crippen molar-refractivity contribution in [1.82, 2.24) is 14.9 Å². The molecule has 4 heteroatoms. The minimum absolute atomic E-state index is 0.981. The van der Waals surface area contributed by atoms with Crippen LogP contribution in [-0.2, 0) is 19.5 Å². The number of benzene rings is 1. The number of para-hydroxylation sites is 2. The lowest BCUT2D eigenvalue weighted by atomic mass is 10.3. The monoisotopic (exact) mass is 299 g/mol. The predicted molar refractivity (Wildman–Crippen MR) is 89.8 cm³/mol. The van der Waals surface area contributed by atoms with Crippen molar-refractivity contribution in [2.45, 2.75) is 32.9 Å². The SMILES string of the molecule is CCc1ccc(CNCCCn2cnc3ccccc32)s1. The second-order valence-corrected chi connectivity index (χ2v) is 6.43. The molecule has 0 unspecified atom stereocenters. The average Bonchev–Trinajstić information content (AvgIpc) is 3.14. The van der Waals surface area contributed by atoms with Crippen molar-refractivity contribution in [3.05, 3.63) is 52.5 Å². The molecule has 0 saturated heterocycles. The first-order chi connectivity index (χ1) is 10.4. The molecule has 0 radical (unpaired) electrons. The lowest BCUT2D eigenvalue weighted by Crippen LogP contribution is -2.15. The van der Waals surface area contributed by atoms with Gasteiger partial charge in [0.25, 0.3) is 0 Å². The summed E-state index contributed by atoms with van der Waals surface area (Å²) in [5, 5.41) is 3.53. The maximum absolute atomic E-state index is 4.42. The maximum Gasteiger partial charge on any atom is 0.0958 e. The van der Waals surface area contributed by atoms with Crippen molar-refractivity contribution < 1.29 is 0 Å². The first-order valence-corrected chi connectivity index (χ1v) is 8.36. The first-order valence-electron chi connectivity index (χ1n) is 7.55. The van der Waals surface area contributed by atoms with E-state index >= 15 is 0 Å². The van der Waals surface area contributed by atoms with Crippen LogP contribution in [0.5, 0.6) is 0 Å². The van der Waals surface area contributed by atoms with Crippen LogP contribution in [-0.4, -0.2) is 16.1 Å². The van der Waals surface area contributed by atoms with Crippen molar-refractivity contribution >= 4 is 22.4 Å². The summed E-state index contributed by atoms with van der Waals surface area (Å²) in [7, 11) is 0. The highest BCUT2D eigenvalue weighted by molar-refractivity contribution is 7.11. The van der Waals surface area contributed by atoms with Gasteiger partial charge in [-0.05, 0) is 43.7 Å². The molecule has 0 atom stereocenters. The number of nitrogens with one attached hydrogen (secondary N) is 1.